The molecule has 18 heavy (non-hydrogen) atoms. The van der Waals surface area contributed by atoms with E-state index in [9.17, 15) is 13.5 Å². The van der Waals surface area contributed by atoms with Crippen molar-refractivity contribution in [3.05, 3.63) is 23.8 Å². The first-order chi connectivity index (χ1) is 8.42. The fraction of sp³-hybridized carbons (Fsp3) is 0.500. The molecule has 102 valence electrons. The molecule has 0 saturated carbocycles. The first-order valence-electron chi connectivity index (χ1n) is 5.71. The van der Waals surface area contributed by atoms with Gasteiger partial charge in [-0.15, -0.1) is 0 Å². The zero-order valence-corrected chi connectivity index (χ0v) is 11.7. The van der Waals surface area contributed by atoms with Gasteiger partial charge in [-0.2, -0.15) is 0 Å². The highest BCUT2D eigenvalue weighted by molar-refractivity contribution is 7.92. The number of ether oxygens (including phenoxy) is 1. The average molecular weight is 273 g/mol. The van der Waals surface area contributed by atoms with E-state index in [1.165, 1.54) is 23.5 Å². The summed E-state index contributed by atoms with van der Waals surface area (Å²) in [5.74, 6) is -0.0251. The molecule has 0 heterocycles. The van der Waals surface area contributed by atoms with Gasteiger partial charge in [-0.1, -0.05) is 6.07 Å². The van der Waals surface area contributed by atoms with Crippen LogP contribution in [-0.2, 0) is 14.8 Å². The number of rotatable bonds is 6. The number of aromatic hydroxyl groups is 1. The Kier molecular flexibility index (Phi) is 4.98. The summed E-state index contributed by atoms with van der Waals surface area (Å²) in [6, 6.07) is 4.69. The minimum absolute atomic E-state index is 0.0518. The molecule has 0 unspecified atom stereocenters. The number of benzene rings is 1. The van der Waals surface area contributed by atoms with Crippen LogP contribution in [0.5, 0.6) is 5.75 Å². The van der Waals surface area contributed by atoms with Crippen molar-refractivity contribution in [1.29, 1.82) is 0 Å². The topological polar surface area (TPSA) is 66.8 Å². The number of aryl methyl sites for hydroxylation is 1. The summed E-state index contributed by atoms with van der Waals surface area (Å²) in [6.45, 7) is 4.03. The van der Waals surface area contributed by atoms with Gasteiger partial charge in [0, 0.05) is 19.7 Å². The zero-order valence-electron chi connectivity index (χ0n) is 10.9. The van der Waals surface area contributed by atoms with Gasteiger partial charge in [0.2, 0.25) is 10.0 Å². The Labute approximate surface area is 108 Å². The maximum Gasteiger partial charge on any atom is 0.237 e. The summed E-state index contributed by atoms with van der Waals surface area (Å²) in [5, 5.41) is 9.48. The van der Waals surface area contributed by atoms with Crippen molar-refractivity contribution in [2.45, 2.75) is 13.8 Å². The van der Waals surface area contributed by atoms with E-state index in [0.717, 1.165) is 5.56 Å². The highest BCUT2D eigenvalue weighted by Crippen LogP contribution is 2.27. The van der Waals surface area contributed by atoms with Gasteiger partial charge in [0.1, 0.15) is 5.75 Å². The van der Waals surface area contributed by atoms with Gasteiger partial charge in [-0.05, 0) is 25.5 Å². The van der Waals surface area contributed by atoms with Gasteiger partial charge >= 0.3 is 0 Å². The van der Waals surface area contributed by atoms with E-state index in [0.29, 0.717) is 12.2 Å². The smallest absolute Gasteiger partial charge is 0.237 e. The van der Waals surface area contributed by atoms with E-state index in [2.05, 4.69) is 0 Å². The number of sulfonamides is 1. The molecule has 0 amide bonds. The Morgan fingerprint density at radius 1 is 1.39 bits per heavy atom. The normalized spacial score (nSPS) is 11.5. The Hall–Kier alpha value is -1.27. The average Bonchev–Trinajstić information content (AvgIpc) is 2.31. The molecular weight excluding hydrogens is 254 g/mol. The lowest BCUT2D eigenvalue weighted by Crippen LogP contribution is -2.34. The molecule has 1 rings (SSSR count). The maximum atomic E-state index is 12.1. The van der Waals surface area contributed by atoms with Crippen LogP contribution in [0.3, 0.4) is 0 Å². The lowest BCUT2D eigenvalue weighted by atomic mass is 10.2. The largest absolute Gasteiger partial charge is 0.508 e. The molecule has 0 saturated heterocycles. The Morgan fingerprint density at radius 2 is 2.06 bits per heavy atom. The second kappa shape index (κ2) is 6.06. The number of phenols is 1. The monoisotopic (exact) mass is 273 g/mol. The Balaban J connectivity index is 3.13. The van der Waals surface area contributed by atoms with Crippen LogP contribution in [0.4, 0.5) is 5.69 Å². The van der Waals surface area contributed by atoms with Crippen LogP contribution in [0, 0.1) is 6.92 Å². The second-order valence-electron chi connectivity index (χ2n) is 3.94. The summed E-state index contributed by atoms with van der Waals surface area (Å²) in [6.07, 6.45) is 0. The molecule has 0 aliphatic heterocycles. The summed E-state index contributed by atoms with van der Waals surface area (Å²) in [7, 11) is -1.97. The highest BCUT2D eigenvalue weighted by Gasteiger charge is 2.22. The summed E-state index contributed by atoms with van der Waals surface area (Å²) in [5.41, 5.74) is 1.31. The lowest BCUT2D eigenvalue weighted by molar-refractivity contribution is 0.217. The van der Waals surface area contributed by atoms with Crippen molar-refractivity contribution in [3.63, 3.8) is 0 Å². The van der Waals surface area contributed by atoms with E-state index in [4.69, 9.17) is 4.74 Å². The van der Waals surface area contributed by atoms with Crippen molar-refractivity contribution in [1.82, 2.24) is 0 Å². The second-order valence-corrected chi connectivity index (χ2v) is 5.96. The summed E-state index contributed by atoms with van der Waals surface area (Å²) in [4.78, 5) is 0. The van der Waals surface area contributed by atoms with Crippen LogP contribution in [0.25, 0.3) is 0 Å². The van der Waals surface area contributed by atoms with Gasteiger partial charge in [0.05, 0.1) is 18.0 Å². The molecule has 0 bridgehead atoms. The van der Waals surface area contributed by atoms with E-state index in [1.54, 1.807) is 13.0 Å². The van der Waals surface area contributed by atoms with E-state index in [1.807, 2.05) is 6.92 Å². The molecule has 0 spiro atoms. The summed E-state index contributed by atoms with van der Waals surface area (Å²) >= 11 is 0. The molecule has 0 aliphatic carbocycles. The minimum atomic E-state index is -3.43. The van der Waals surface area contributed by atoms with Crippen LogP contribution in [0.1, 0.15) is 12.5 Å². The number of nitrogens with zero attached hydrogens (tertiary/aromatic N) is 1. The third-order valence-electron chi connectivity index (χ3n) is 2.63. The van der Waals surface area contributed by atoms with Crippen LogP contribution in [0.15, 0.2) is 18.2 Å². The standard InChI is InChI=1S/C12H19NO4S/c1-4-13(18(15,16)8-7-17-3)12-9-11(14)6-5-10(12)2/h5-6,9,14H,4,7-8H2,1-3H3. The zero-order chi connectivity index (χ0) is 13.8. The SMILES string of the molecule is CCN(c1cc(O)ccc1C)S(=O)(=O)CCOC. The van der Waals surface area contributed by atoms with Crippen LogP contribution >= 0.6 is 0 Å². The molecule has 0 aliphatic rings. The summed E-state index contributed by atoms with van der Waals surface area (Å²) < 4.78 is 30.4. The van der Waals surface area contributed by atoms with E-state index >= 15 is 0 Å². The Bertz CT molecular complexity index is 499. The fourth-order valence-corrected chi connectivity index (χ4v) is 3.17. The number of hydrogen-bond donors (Lipinski definition) is 1. The number of anilines is 1. The fourth-order valence-electron chi connectivity index (χ4n) is 1.68. The molecule has 1 N–H and O–H groups in total. The van der Waals surface area contributed by atoms with E-state index in [-0.39, 0.29) is 18.1 Å². The van der Waals surface area contributed by atoms with Gasteiger partial charge in [0.25, 0.3) is 0 Å². The molecule has 0 radical (unpaired) electrons. The van der Waals surface area contributed by atoms with Crippen molar-refractivity contribution >= 4 is 15.7 Å². The third kappa shape index (κ3) is 3.36. The minimum Gasteiger partial charge on any atom is -0.508 e. The van der Waals surface area contributed by atoms with Gasteiger partial charge in [-0.3, -0.25) is 4.31 Å². The Morgan fingerprint density at radius 3 is 2.61 bits per heavy atom. The highest BCUT2D eigenvalue weighted by atomic mass is 32.2. The first-order valence-corrected chi connectivity index (χ1v) is 7.32. The molecule has 1 aromatic carbocycles. The molecule has 1 aromatic rings. The van der Waals surface area contributed by atoms with E-state index < -0.39 is 10.0 Å². The van der Waals surface area contributed by atoms with Crippen molar-refractivity contribution in [3.8, 4) is 5.75 Å². The lowest BCUT2D eigenvalue weighted by Gasteiger charge is -2.24. The predicted molar refractivity (Wildman–Crippen MR) is 71.5 cm³/mol. The van der Waals surface area contributed by atoms with Crippen LogP contribution in [0.2, 0.25) is 0 Å². The van der Waals surface area contributed by atoms with Crippen molar-refractivity contribution in [2.75, 3.05) is 30.3 Å². The third-order valence-corrected chi connectivity index (χ3v) is 4.44. The first kappa shape index (κ1) is 14.8. The quantitative estimate of drug-likeness (QED) is 0.853. The molecule has 6 heteroatoms. The molecule has 0 fully saturated rings. The van der Waals surface area contributed by atoms with Crippen LogP contribution in [-0.4, -0.2) is 39.5 Å². The molecule has 5 nitrogen and oxygen atoms in total. The number of methoxy groups -OCH3 is 1. The van der Waals surface area contributed by atoms with Crippen molar-refractivity contribution < 1.29 is 18.3 Å². The van der Waals surface area contributed by atoms with Crippen molar-refractivity contribution in [2.24, 2.45) is 0 Å². The molecule has 0 atom stereocenters. The maximum absolute atomic E-state index is 12.1. The van der Waals surface area contributed by atoms with Gasteiger partial charge in [-0.25, -0.2) is 8.42 Å². The number of phenolic OH excluding ortho intramolecular Hbond substituents is 1. The van der Waals surface area contributed by atoms with Gasteiger partial charge < -0.3 is 9.84 Å². The predicted octanol–water partition coefficient (Wildman–Crippen LogP) is 1.50. The van der Waals surface area contributed by atoms with Gasteiger partial charge in [0.15, 0.2) is 0 Å². The van der Waals surface area contributed by atoms with Crippen LogP contribution < -0.4 is 4.31 Å². The molecule has 0 aromatic heterocycles. The molecular formula is C12H19NO4S. The number of hydrogen-bond acceptors (Lipinski definition) is 4.